The molecule has 0 spiro atoms. The topological polar surface area (TPSA) is 63.2 Å². The molecular weight excluding hydrogens is 312 g/mol. The molecule has 0 bridgehead atoms. The lowest BCUT2D eigenvalue weighted by molar-refractivity contribution is -0.687. The number of hydrogen-bond acceptors (Lipinski definition) is 2. The third-order valence-electron chi connectivity index (χ3n) is 3.11. The summed E-state index contributed by atoms with van der Waals surface area (Å²) in [5, 5.41) is 0. The van der Waals surface area contributed by atoms with E-state index in [1.165, 1.54) is 5.56 Å². The normalized spacial score (nSPS) is 11.7. The highest BCUT2D eigenvalue weighted by atomic mass is 35.5. The summed E-state index contributed by atoms with van der Waals surface area (Å²) in [5.41, 5.74) is 2.26. The number of benzene rings is 1. The van der Waals surface area contributed by atoms with Crippen LogP contribution >= 0.6 is 11.6 Å². The molecule has 0 unspecified atom stereocenters. The molecular formula is C14H18ClN2O3S+. The van der Waals surface area contributed by atoms with Crippen molar-refractivity contribution in [3.05, 3.63) is 54.1 Å². The molecule has 114 valence electrons. The van der Waals surface area contributed by atoms with Crippen LogP contribution in [-0.2, 0) is 29.1 Å². The monoisotopic (exact) mass is 329 g/mol. The van der Waals surface area contributed by atoms with Crippen molar-refractivity contribution in [2.75, 3.05) is 5.75 Å². The fraction of sp³-hybridized carbons (Fsp3) is 0.357. The molecule has 0 saturated carbocycles. The molecule has 2 aromatic rings. The molecule has 5 nitrogen and oxygen atoms in total. The van der Waals surface area contributed by atoms with Gasteiger partial charge in [0.15, 0.2) is 0 Å². The summed E-state index contributed by atoms with van der Waals surface area (Å²) in [6, 6.07) is 8.10. The molecule has 0 aliphatic carbocycles. The van der Waals surface area contributed by atoms with Crippen LogP contribution in [0.1, 0.15) is 17.5 Å². The number of hydrogen-bond donors (Lipinski definition) is 1. The Hall–Kier alpha value is -1.37. The summed E-state index contributed by atoms with van der Waals surface area (Å²) in [7, 11) is -3.87. The van der Waals surface area contributed by atoms with E-state index in [9.17, 15) is 8.42 Å². The minimum absolute atomic E-state index is 0.217. The summed E-state index contributed by atoms with van der Waals surface area (Å²) in [5.74, 6) is 0.294. The van der Waals surface area contributed by atoms with E-state index in [0.29, 0.717) is 18.8 Å². The van der Waals surface area contributed by atoms with Gasteiger partial charge >= 0.3 is 0 Å². The van der Waals surface area contributed by atoms with E-state index >= 15 is 0 Å². The van der Waals surface area contributed by atoms with Crippen LogP contribution < -0.4 is 4.57 Å². The van der Waals surface area contributed by atoms with Crippen LogP contribution in [0.3, 0.4) is 0 Å². The predicted octanol–water partition coefficient (Wildman–Crippen LogP) is 1.84. The Morgan fingerprint density at radius 3 is 2.48 bits per heavy atom. The van der Waals surface area contributed by atoms with Crippen molar-refractivity contribution < 1.29 is 17.5 Å². The largest absolute Gasteiger partial charge is 0.286 e. The van der Waals surface area contributed by atoms with Crippen LogP contribution in [-0.4, -0.2) is 23.3 Å². The van der Waals surface area contributed by atoms with E-state index < -0.39 is 10.1 Å². The molecule has 2 rings (SSSR count). The maximum absolute atomic E-state index is 10.7. The molecule has 0 radical (unpaired) electrons. The molecule has 1 heterocycles. The average molecular weight is 330 g/mol. The molecule has 7 heteroatoms. The first-order valence-corrected chi connectivity index (χ1v) is 8.74. The van der Waals surface area contributed by atoms with Crippen LogP contribution in [0.4, 0.5) is 0 Å². The van der Waals surface area contributed by atoms with E-state index in [1.54, 1.807) is 0 Å². The highest BCUT2D eigenvalue weighted by Crippen LogP contribution is 2.06. The second-order valence-corrected chi connectivity index (χ2v) is 6.75. The lowest BCUT2D eigenvalue weighted by atomic mass is 10.1. The number of imidazole rings is 1. The van der Waals surface area contributed by atoms with Crippen LogP contribution in [0.2, 0.25) is 0 Å². The first-order valence-electron chi connectivity index (χ1n) is 6.60. The molecule has 1 N–H and O–H groups in total. The Kier molecular flexibility index (Phi) is 5.39. The lowest BCUT2D eigenvalue weighted by Crippen LogP contribution is -2.31. The molecule has 0 aliphatic rings. The third-order valence-corrected chi connectivity index (χ3v) is 4.22. The van der Waals surface area contributed by atoms with Crippen molar-refractivity contribution in [3.8, 4) is 0 Å². The molecule has 0 aliphatic heterocycles. The van der Waals surface area contributed by atoms with Crippen molar-refractivity contribution in [1.82, 2.24) is 4.57 Å². The quantitative estimate of drug-likeness (QED) is 0.479. The number of nitrogens with zero attached hydrogens (tertiary/aromatic N) is 2. The van der Waals surface area contributed by atoms with Crippen LogP contribution in [0, 0.1) is 0 Å². The van der Waals surface area contributed by atoms with Crippen molar-refractivity contribution in [1.29, 1.82) is 0 Å². The smallest absolute Gasteiger partial charge is 0.265 e. The number of aromatic nitrogens is 2. The molecule has 0 fully saturated rings. The van der Waals surface area contributed by atoms with Gasteiger partial charge in [0.1, 0.15) is 18.9 Å². The van der Waals surface area contributed by atoms with Gasteiger partial charge in [0, 0.05) is 12.3 Å². The lowest BCUT2D eigenvalue weighted by Gasteiger charge is -2.00. The Labute approximate surface area is 129 Å². The van der Waals surface area contributed by atoms with Gasteiger partial charge in [-0.05, 0) is 11.1 Å². The second kappa shape index (κ2) is 7.06. The van der Waals surface area contributed by atoms with E-state index in [1.807, 2.05) is 52.1 Å². The molecule has 0 saturated heterocycles. The van der Waals surface area contributed by atoms with Gasteiger partial charge in [-0.15, -0.1) is 11.6 Å². The van der Waals surface area contributed by atoms with Crippen LogP contribution in [0.25, 0.3) is 0 Å². The minimum Gasteiger partial charge on any atom is -0.286 e. The third kappa shape index (κ3) is 5.49. The fourth-order valence-electron chi connectivity index (χ4n) is 2.04. The minimum atomic E-state index is -3.87. The average Bonchev–Trinajstić information content (AvgIpc) is 2.86. The Balaban J connectivity index is 1.90. The first kappa shape index (κ1) is 16.0. The summed E-state index contributed by atoms with van der Waals surface area (Å²) in [6.45, 7) is 1.30. The second-order valence-electron chi connectivity index (χ2n) is 4.91. The van der Waals surface area contributed by atoms with Crippen LogP contribution in [0.15, 0.2) is 43.0 Å². The van der Waals surface area contributed by atoms with Gasteiger partial charge in [-0.25, -0.2) is 9.13 Å². The highest BCUT2D eigenvalue weighted by molar-refractivity contribution is 7.85. The number of halogens is 1. The van der Waals surface area contributed by atoms with Gasteiger partial charge < -0.3 is 0 Å². The first-order chi connectivity index (χ1) is 9.96. The van der Waals surface area contributed by atoms with Gasteiger partial charge in [0.25, 0.3) is 10.1 Å². The predicted molar refractivity (Wildman–Crippen MR) is 80.8 cm³/mol. The van der Waals surface area contributed by atoms with Gasteiger partial charge in [0.05, 0.1) is 12.3 Å². The standard InChI is InChI=1S/C14H17ClN2O3S/c15-10-13-2-4-14(5-3-13)11-17-8-7-16(12-17)6-1-9-21(18,19)20/h2-5,7-8,12H,1,6,9-11H2/p+1. The van der Waals surface area contributed by atoms with Crippen molar-refractivity contribution in [2.45, 2.75) is 25.4 Å². The zero-order valence-corrected chi connectivity index (χ0v) is 13.1. The number of alkyl halides is 1. The Morgan fingerprint density at radius 2 is 1.86 bits per heavy atom. The van der Waals surface area contributed by atoms with Crippen LogP contribution in [0.5, 0.6) is 0 Å². The van der Waals surface area contributed by atoms with Crippen molar-refractivity contribution in [3.63, 3.8) is 0 Å². The molecule has 0 amide bonds. The number of rotatable bonds is 7. The number of aryl methyl sites for hydroxylation is 1. The Bertz CT molecular complexity index is 680. The highest BCUT2D eigenvalue weighted by Gasteiger charge is 2.08. The van der Waals surface area contributed by atoms with E-state index in [2.05, 4.69) is 0 Å². The Morgan fingerprint density at radius 1 is 1.19 bits per heavy atom. The van der Waals surface area contributed by atoms with Gasteiger partial charge in [-0.3, -0.25) is 4.55 Å². The van der Waals surface area contributed by atoms with Gasteiger partial charge in [-0.2, -0.15) is 8.42 Å². The molecule has 0 atom stereocenters. The maximum atomic E-state index is 10.7. The van der Waals surface area contributed by atoms with Gasteiger partial charge in [-0.1, -0.05) is 24.3 Å². The molecule has 1 aromatic heterocycles. The summed E-state index contributed by atoms with van der Waals surface area (Å²) >= 11 is 5.75. The van der Waals surface area contributed by atoms with E-state index in [-0.39, 0.29) is 5.75 Å². The fourth-order valence-corrected chi connectivity index (χ4v) is 2.71. The zero-order valence-electron chi connectivity index (χ0n) is 11.5. The molecule has 1 aromatic carbocycles. The maximum Gasteiger partial charge on any atom is 0.265 e. The van der Waals surface area contributed by atoms with Gasteiger partial charge in [0.2, 0.25) is 6.33 Å². The summed E-state index contributed by atoms with van der Waals surface area (Å²) < 4.78 is 33.9. The SMILES string of the molecule is O=S(=O)(O)CCCn1cc[n+](Cc2ccc(CCl)cc2)c1. The molecule has 21 heavy (non-hydrogen) atoms. The van der Waals surface area contributed by atoms with E-state index in [4.69, 9.17) is 16.2 Å². The zero-order chi connectivity index (χ0) is 15.3. The van der Waals surface area contributed by atoms with E-state index in [0.717, 1.165) is 12.1 Å². The summed E-state index contributed by atoms with van der Waals surface area (Å²) in [4.78, 5) is 0. The summed E-state index contributed by atoms with van der Waals surface area (Å²) in [6.07, 6.45) is 6.12. The van der Waals surface area contributed by atoms with Crippen molar-refractivity contribution >= 4 is 21.7 Å². The van der Waals surface area contributed by atoms with Crippen molar-refractivity contribution in [2.24, 2.45) is 0 Å².